The van der Waals surface area contributed by atoms with Crippen LogP contribution in [0.3, 0.4) is 0 Å². The maximum absolute atomic E-state index is 13.4. The Labute approximate surface area is 259 Å². The summed E-state index contributed by atoms with van der Waals surface area (Å²) in [5.74, 6) is -0.820. The summed E-state index contributed by atoms with van der Waals surface area (Å²) in [4.78, 5) is 51.8. The highest BCUT2D eigenvalue weighted by atomic mass is 32.2. The third kappa shape index (κ3) is 12.3. The predicted octanol–water partition coefficient (Wildman–Crippen LogP) is 2.40. The molecule has 0 spiro atoms. The van der Waals surface area contributed by atoms with E-state index >= 15 is 0 Å². The van der Waals surface area contributed by atoms with Gasteiger partial charge in [-0.05, 0) is 63.2 Å². The van der Waals surface area contributed by atoms with Gasteiger partial charge in [-0.3, -0.25) is 14.4 Å². The largest absolute Gasteiger partial charge is 0.481 e. The molecule has 0 radical (unpaired) electrons. The number of urea groups is 1. The minimum Gasteiger partial charge on any atom is -0.481 e. The number of carboxylic acids is 1. The van der Waals surface area contributed by atoms with Crippen LogP contribution in [0.5, 0.6) is 0 Å². The van der Waals surface area contributed by atoms with Gasteiger partial charge >= 0.3 is 12.0 Å². The summed E-state index contributed by atoms with van der Waals surface area (Å²) in [6.45, 7) is 7.09. The number of carbonyl (C=O) groups is 4. The van der Waals surface area contributed by atoms with Crippen LogP contribution in [0.1, 0.15) is 91.4 Å². The molecule has 4 unspecified atom stereocenters. The second-order valence-electron chi connectivity index (χ2n) is 12.9. The molecular formula is C30H53N5O7S. The Morgan fingerprint density at radius 1 is 0.907 bits per heavy atom. The Kier molecular flexibility index (Phi) is 14.7. The fourth-order valence-electron chi connectivity index (χ4n) is 6.05. The predicted molar refractivity (Wildman–Crippen MR) is 165 cm³/mol. The number of hydrogen-bond donors (Lipinski definition) is 4. The Bertz CT molecular complexity index is 953. The summed E-state index contributed by atoms with van der Waals surface area (Å²) in [7, 11) is -1.57. The van der Waals surface area contributed by atoms with Crippen LogP contribution in [0.4, 0.5) is 4.79 Å². The zero-order valence-corrected chi connectivity index (χ0v) is 27.0. The van der Waals surface area contributed by atoms with Crippen molar-refractivity contribution in [3.8, 4) is 0 Å². The lowest BCUT2D eigenvalue weighted by atomic mass is 9.86. The quantitative estimate of drug-likeness (QED) is 0.217. The van der Waals surface area contributed by atoms with E-state index in [2.05, 4.69) is 22.9 Å². The lowest BCUT2D eigenvalue weighted by Crippen LogP contribution is -2.52. The minimum absolute atomic E-state index is 0.0244. The van der Waals surface area contributed by atoms with Crippen molar-refractivity contribution < 1.29 is 33.2 Å². The fourth-order valence-corrected chi connectivity index (χ4v) is 7.49. The molecule has 3 rings (SSSR count). The van der Waals surface area contributed by atoms with Gasteiger partial charge in [-0.1, -0.05) is 33.6 Å². The summed E-state index contributed by atoms with van der Waals surface area (Å²) in [6, 6.07) is 0.158. The number of rotatable bonds is 15. The molecule has 3 fully saturated rings. The molecule has 0 bridgehead atoms. The van der Waals surface area contributed by atoms with Gasteiger partial charge in [0.05, 0.1) is 31.4 Å². The first-order valence-electron chi connectivity index (χ1n) is 16.1. The molecule has 4 atom stereocenters. The fraction of sp³-hybridized carbons (Fsp3) is 0.867. The van der Waals surface area contributed by atoms with E-state index in [1.54, 1.807) is 0 Å². The van der Waals surface area contributed by atoms with Crippen LogP contribution < -0.4 is 16.0 Å². The molecule has 0 aromatic carbocycles. The van der Waals surface area contributed by atoms with E-state index in [0.717, 1.165) is 44.9 Å². The third-order valence-corrected chi connectivity index (χ3v) is 10.6. The first-order chi connectivity index (χ1) is 20.5. The Morgan fingerprint density at radius 3 is 2.19 bits per heavy atom. The Hall–Kier alpha value is -2.25. The monoisotopic (exact) mass is 627 g/mol. The molecule has 2 saturated carbocycles. The summed E-state index contributed by atoms with van der Waals surface area (Å²) >= 11 is 0. The molecule has 12 nitrogen and oxygen atoms in total. The molecule has 3 aliphatic rings. The molecule has 2 aliphatic carbocycles. The van der Waals surface area contributed by atoms with Crippen molar-refractivity contribution in [1.29, 1.82) is 0 Å². The van der Waals surface area contributed by atoms with Gasteiger partial charge in [0.25, 0.3) is 0 Å². The highest BCUT2D eigenvalue weighted by Crippen LogP contribution is 2.24. The number of aliphatic carboxylic acids is 1. The van der Waals surface area contributed by atoms with Crippen LogP contribution in [0.25, 0.3) is 0 Å². The minimum atomic E-state index is -1.57. The second kappa shape index (κ2) is 17.9. The van der Waals surface area contributed by atoms with Crippen LogP contribution in [0.15, 0.2) is 0 Å². The molecule has 0 aromatic heterocycles. The smallest absolute Gasteiger partial charge is 0.315 e. The van der Waals surface area contributed by atoms with Crippen molar-refractivity contribution in [3.05, 3.63) is 0 Å². The van der Waals surface area contributed by atoms with Gasteiger partial charge in [-0.15, -0.1) is 0 Å². The van der Waals surface area contributed by atoms with Crippen molar-refractivity contribution in [3.63, 3.8) is 0 Å². The average molecular weight is 628 g/mol. The first-order valence-corrected chi connectivity index (χ1v) is 17.3. The Balaban J connectivity index is 1.49. The number of ether oxygens (including phenoxy) is 1. The zero-order chi connectivity index (χ0) is 31.4. The highest BCUT2D eigenvalue weighted by Gasteiger charge is 2.31. The topological polar surface area (TPSA) is 157 Å². The molecule has 1 saturated heterocycles. The van der Waals surface area contributed by atoms with Gasteiger partial charge in [0, 0.05) is 37.8 Å². The van der Waals surface area contributed by atoms with E-state index in [-0.39, 0.29) is 67.3 Å². The lowest BCUT2D eigenvalue weighted by Gasteiger charge is -2.33. The SMILES string of the molecule is CC(C)CCN(CC(=O)NC1CCC(NC(=O)NC2CCCCC2C)CC1)C(=O)CN(CCC(=O)O)S(=O)C1CCOC1. The second-order valence-corrected chi connectivity index (χ2v) is 14.6. The molecule has 0 aromatic rings. The Morgan fingerprint density at radius 2 is 1.58 bits per heavy atom. The third-order valence-electron chi connectivity index (χ3n) is 8.83. The summed E-state index contributed by atoms with van der Waals surface area (Å²) in [5.41, 5.74) is 0. The number of nitrogens with zero attached hydrogens (tertiary/aromatic N) is 2. The van der Waals surface area contributed by atoms with Crippen molar-refractivity contribution in [2.24, 2.45) is 11.8 Å². The van der Waals surface area contributed by atoms with E-state index in [0.29, 0.717) is 44.4 Å². The highest BCUT2D eigenvalue weighted by molar-refractivity contribution is 7.83. The van der Waals surface area contributed by atoms with Crippen molar-refractivity contribution in [1.82, 2.24) is 25.2 Å². The van der Waals surface area contributed by atoms with E-state index in [1.807, 2.05) is 13.8 Å². The van der Waals surface area contributed by atoms with Gasteiger partial charge in [-0.2, -0.15) is 0 Å². The van der Waals surface area contributed by atoms with E-state index in [9.17, 15) is 28.5 Å². The molecule has 246 valence electrons. The van der Waals surface area contributed by atoms with Crippen LogP contribution in [-0.4, -0.2) is 105 Å². The molecule has 43 heavy (non-hydrogen) atoms. The molecular weight excluding hydrogens is 574 g/mol. The summed E-state index contributed by atoms with van der Waals surface area (Å²) in [6.07, 6.45) is 8.61. The molecule has 1 heterocycles. The number of hydrogen-bond acceptors (Lipinski definition) is 6. The van der Waals surface area contributed by atoms with Crippen LogP contribution >= 0.6 is 0 Å². The van der Waals surface area contributed by atoms with E-state index in [1.165, 1.54) is 15.6 Å². The molecule has 1 aliphatic heterocycles. The van der Waals surface area contributed by atoms with E-state index in [4.69, 9.17) is 4.74 Å². The normalized spacial score (nSPS) is 26.6. The number of carboxylic acid groups (broad SMARTS) is 1. The van der Waals surface area contributed by atoms with Gasteiger partial charge in [-0.25, -0.2) is 13.3 Å². The van der Waals surface area contributed by atoms with Crippen molar-refractivity contribution in [2.75, 3.05) is 39.4 Å². The van der Waals surface area contributed by atoms with Crippen LogP contribution in [-0.2, 0) is 30.1 Å². The molecule has 13 heteroatoms. The van der Waals surface area contributed by atoms with E-state index < -0.39 is 17.0 Å². The lowest BCUT2D eigenvalue weighted by molar-refractivity contribution is -0.138. The van der Waals surface area contributed by atoms with Crippen LogP contribution in [0.2, 0.25) is 0 Å². The average Bonchev–Trinajstić information content (AvgIpc) is 3.50. The number of carbonyl (C=O) groups excluding carboxylic acids is 3. The number of nitrogens with one attached hydrogen (secondary N) is 3. The summed E-state index contributed by atoms with van der Waals surface area (Å²) < 4.78 is 19.9. The molecule has 4 N–H and O–H groups in total. The standard InChI is InChI=1S/C30H53N5O7S/c1-21(2)12-15-34(28(37)19-35(16-13-29(38)39)43(41)25-14-17-42-20-25)18-27(36)31-23-8-10-24(11-9-23)32-30(40)33-26-7-5-4-6-22(26)3/h21-26H,4-20H2,1-3H3,(H,31,36)(H,38,39)(H2,32,33,40). The zero-order valence-electron chi connectivity index (χ0n) is 26.2. The van der Waals surface area contributed by atoms with Gasteiger partial charge < -0.3 is 30.7 Å². The van der Waals surface area contributed by atoms with Gasteiger partial charge in [0.15, 0.2) is 0 Å². The van der Waals surface area contributed by atoms with Gasteiger partial charge in [0.2, 0.25) is 11.8 Å². The molecule has 4 amide bonds. The number of amides is 4. The maximum atomic E-state index is 13.4. The first kappa shape index (κ1) is 35.2. The van der Waals surface area contributed by atoms with Crippen molar-refractivity contribution >= 4 is 34.8 Å². The summed E-state index contributed by atoms with van der Waals surface area (Å²) in [5, 5.41) is 18.2. The van der Waals surface area contributed by atoms with Crippen molar-refractivity contribution in [2.45, 2.75) is 115 Å². The van der Waals surface area contributed by atoms with Gasteiger partial charge in [0.1, 0.15) is 11.0 Å². The van der Waals surface area contributed by atoms with Crippen LogP contribution in [0, 0.1) is 11.8 Å². The maximum Gasteiger partial charge on any atom is 0.315 e.